The first-order chi connectivity index (χ1) is 11.7. The van der Waals surface area contributed by atoms with Crippen molar-refractivity contribution in [2.24, 2.45) is 0 Å². The van der Waals surface area contributed by atoms with E-state index in [4.69, 9.17) is 32.1 Å². The average molecular weight is 426 g/mol. The maximum Gasteiger partial charge on any atom is 0.306 e. The van der Waals surface area contributed by atoms with E-state index in [1.54, 1.807) is 6.07 Å². The molecule has 1 aromatic carbocycles. The molecule has 0 aliphatic carbocycles. The van der Waals surface area contributed by atoms with Crippen LogP contribution in [0.2, 0.25) is 10.0 Å². The van der Waals surface area contributed by atoms with Gasteiger partial charge in [0, 0.05) is 37.7 Å². The minimum Gasteiger partial charge on any atom is -0.412 e. The van der Waals surface area contributed by atoms with Gasteiger partial charge >= 0.3 is 10.1 Å². The zero-order valence-corrected chi connectivity index (χ0v) is 16.5. The van der Waals surface area contributed by atoms with Gasteiger partial charge in [-0.05, 0) is 18.2 Å². The number of ether oxygens (including phenoxy) is 1. The third kappa shape index (κ3) is 7.61. The minimum absolute atomic E-state index is 0. The number of halogens is 2. The first-order valence-corrected chi connectivity index (χ1v) is 10.2. The molecule has 10 heteroatoms. The Morgan fingerprint density at radius 2 is 1.92 bits per heavy atom. The molecular formula is C16H21Cl2NO6S. The van der Waals surface area contributed by atoms with Crippen LogP contribution in [0, 0.1) is 0 Å². The molecule has 1 aliphatic rings. The smallest absolute Gasteiger partial charge is 0.306 e. The van der Waals surface area contributed by atoms with Crippen LogP contribution in [-0.2, 0) is 23.8 Å². The Kier molecular flexibility index (Phi) is 9.02. The Balaban J connectivity index is 0.00000338. The third-order valence-electron chi connectivity index (χ3n) is 3.52. The number of ketones is 1. The van der Waals surface area contributed by atoms with Gasteiger partial charge in [-0.2, -0.15) is 8.42 Å². The maximum atomic E-state index is 12.2. The van der Waals surface area contributed by atoms with Gasteiger partial charge in [-0.25, -0.2) is 0 Å². The number of hydrogen-bond acceptors (Lipinski definition) is 6. The van der Waals surface area contributed by atoms with Crippen molar-refractivity contribution in [3.05, 3.63) is 39.9 Å². The Morgan fingerprint density at radius 3 is 2.50 bits per heavy atom. The van der Waals surface area contributed by atoms with Crippen LogP contribution >= 0.6 is 23.2 Å². The molecule has 1 aliphatic heterocycles. The Bertz CT molecular complexity index is 760. The lowest BCUT2D eigenvalue weighted by Gasteiger charge is -2.25. The summed E-state index contributed by atoms with van der Waals surface area (Å²) in [5.74, 6) is -0.316. The van der Waals surface area contributed by atoms with Crippen molar-refractivity contribution in [3.8, 4) is 0 Å². The van der Waals surface area contributed by atoms with Crippen LogP contribution in [0.15, 0.2) is 24.3 Å². The van der Waals surface area contributed by atoms with Gasteiger partial charge in [-0.15, -0.1) is 0 Å². The summed E-state index contributed by atoms with van der Waals surface area (Å²) >= 11 is 11.8. The summed E-state index contributed by atoms with van der Waals surface area (Å²) in [5.41, 5.74) is 0.361. The molecule has 0 saturated carbocycles. The molecule has 1 fully saturated rings. The molecule has 0 aromatic heterocycles. The zero-order valence-electron chi connectivity index (χ0n) is 14.2. The molecular weight excluding hydrogens is 405 g/mol. The van der Waals surface area contributed by atoms with Crippen LogP contribution in [0.5, 0.6) is 0 Å². The largest absolute Gasteiger partial charge is 0.412 e. The second-order valence-corrected chi connectivity index (χ2v) is 7.98. The lowest BCUT2D eigenvalue weighted by Crippen LogP contribution is -2.37. The van der Waals surface area contributed by atoms with Gasteiger partial charge in [0.15, 0.2) is 11.5 Å². The summed E-state index contributed by atoms with van der Waals surface area (Å²) in [5, 5.41) is 0.561. The molecule has 2 N–H and O–H groups in total. The third-order valence-corrected chi connectivity index (χ3v) is 4.74. The topological polar surface area (TPSA) is 104 Å². The highest BCUT2D eigenvalue weighted by Gasteiger charge is 2.16. The summed E-state index contributed by atoms with van der Waals surface area (Å²) in [7, 11) is -3.80. The predicted molar refractivity (Wildman–Crippen MR) is 101 cm³/mol. The monoisotopic (exact) mass is 425 g/mol. The fourth-order valence-corrected chi connectivity index (χ4v) is 3.05. The van der Waals surface area contributed by atoms with Crippen molar-refractivity contribution in [3.63, 3.8) is 0 Å². The van der Waals surface area contributed by atoms with Gasteiger partial charge in [-0.3, -0.25) is 9.69 Å². The van der Waals surface area contributed by atoms with Crippen LogP contribution in [0.25, 0.3) is 5.76 Å². The summed E-state index contributed by atoms with van der Waals surface area (Å²) in [4.78, 5) is 14.4. The number of carbonyl (C=O) groups is 1. The average Bonchev–Trinajstić information content (AvgIpc) is 2.54. The lowest BCUT2D eigenvalue weighted by molar-refractivity contribution is -0.115. The van der Waals surface area contributed by atoms with Crippen LogP contribution in [-0.4, -0.2) is 63.7 Å². The van der Waals surface area contributed by atoms with Crippen LogP contribution in [0.1, 0.15) is 12.0 Å². The van der Waals surface area contributed by atoms with Crippen LogP contribution < -0.4 is 0 Å². The molecule has 1 saturated heterocycles. The van der Waals surface area contributed by atoms with E-state index in [-0.39, 0.29) is 28.5 Å². The fourth-order valence-electron chi connectivity index (χ4n) is 2.28. The van der Waals surface area contributed by atoms with E-state index >= 15 is 0 Å². The number of allylic oxidation sites excluding steroid dienone is 1. The molecule has 0 spiro atoms. The first kappa shape index (κ1) is 22.9. The molecule has 0 unspecified atom stereocenters. The van der Waals surface area contributed by atoms with Gasteiger partial charge in [0.2, 0.25) is 0 Å². The van der Waals surface area contributed by atoms with Crippen LogP contribution in [0.4, 0.5) is 0 Å². The number of nitrogens with zero attached hydrogens (tertiary/aromatic N) is 1. The standard InChI is InChI=1S/C16H19Cl2NO5S.H2O/c1-25(21,22)24-16(12-2-3-14(17)15(18)10-12)11-13(20)4-5-19-6-8-23-9-7-19;/h2-3,10-11H,4-9H2,1H3;1H2/b16-11-;. The molecule has 0 atom stereocenters. The predicted octanol–water partition coefficient (Wildman–Crippen LogP) is 1.78. The van der Waals surface area contributed by atoms with E-state index < -0.39 is 10.1 Å². The quantitative estimate of drug-likeness (QED) is 0.374. The van der Waals surface area contributed by atoms with Gasteiger partial charge in [0.25, 0.3) is 0 Å². The zero-order chi connectivity index (χ0) is 18.4. The number of carbonyl (C=O) groups excluding carboxylic acids is 1. The van der Waals surface area contributed by atoms with Gasteiger partial charge in [-0.1, -0.05) is 23.2 Å². The highest BCUT2D eigenvalue weighted by molar-refractivity contribution is 7.86. The highest BCUT2D eigenvalue weighted by Crippen LogP contribution is 2.27. The van der Waals surface area contributed by atoms with Crippen molar-refractivity contribution in [1.29, 1.82) is 0 Å². The van der Waals surface area contributed by atoms with Crippen LogP contribution in [0.3, 0.4) is 0 Å². The van der Waals surface area contributed by atoms with Crippen molar-refractivity contribution >= 4 is 44.9 Å². The number of hydrogen-bond donors (Lipinski definition) is 0. The fraction of sp³-hybridized carbons (Fsp3) is 0.438. The molecule has 0 radical (unpaired) electrons. The summed E-state index contributed by atoms with van der Waals surface area (Å²) in [6.45, 7) is 3.42. The van der Waals surface area contributed by atoms with Crippen molar-refractivity contribution in [2.45, 2.75) is 6.42 Å². The van der Waals surface area contributed by atoms with E-state index in [1.807, 2.05) is 0 Å². The van der Waals surface area contributed by atoms with E-state index in [0.717, 1.165) is 19.3 Å². The summed E-state index contributed by atoms with van der Waals surface area (Å²) < 4.78 is 33.2. The lowest BCUT2D eigenvalue weighted by atomic mass is 10.1. The second-order valence-electron chi connectivity index (χ2n) is 5.60. The molecule has 2 rings (SSSR count). The SMILES string of the molecule is CS(=O)(=O)O/C(=C\C(=O)CCN1CCOCC1)c1ccc(Cl)c(Cl)c1.O. The highest BCUT2D eigenvalue weighted by atomic mass is 35.5. The van der Waals surface area contributed by atoms with Crippen molar-refractivity contribution in [2.75, 3.05) is 39.1 Å². The molecule has 1 heterocycles. The molecule has 0 bridgehead atoms. The maximum absolute atomic E-state index is 12.2. The van der Waals surface area contributed by atoms with E-state index in [9.17, 15) is 13.2 Å². The van der Waals surface area contributed by atoms with E-state index in [0.29, 0.717) is 30.3 Å². The summed E-state index contributed by atoms with van der Waals surface area (Å²) in [6, 6.07) is 4.51. The van der Waals surface area contributed by atoms with Crippen molar-refractivity contribution < 1.29 is 27.6 Å². The van der Waals surface area contributed by atoms with Gasteiger partial charge in [0.1, 0.15) is 0 Å². The number of rotatable bonds is 7. The Labute approximate surface area is 162 Å². The molecule has 0 amide bonds. The molecule has 26 heavy (non-hydrogen) atoms. The van der Waals surface area contributed by atoms with Gasteiger partial charge in [0.05, 0.1) is 29.5 Å². The normalized spacial score (nSPS) is 16.0. The second kappa shape index (κ2) is 10.2. The molecule has 1 aromatic rings. The van der Waals surface area contributed by atoms with Crippen molar-refractivity contribution in [1.82, 2.24) is 4.90 Å². The number of morpholine rings is 1. The molecule has 146 valence electrons. The van der Waals surface area contributed by atoms with Gasteiger partial charge < -0.3 is 14.4 Å². The van der Waals surface area contributed by atoms with E-state index in [2.05, 4.69) is 4.90 Å². The Hall–Kier alpha value is -1.16. The molecule has 7 nitrogen and oxygen atoms in total. The first-order valence-electron chi connectivity index (χ1n) is 7.64. The minimum atomic E-state index is -3.80. The summed E-state index contributed by atoms with van der Waals surface area (Å²) in [6.07, 6.45) is 2.34. The number of benzene rings is 1. The van der Waals surface area contributed by atoms with E-state index in [1.165, 1.54) is 18.2 Å². The Morgan fingerprint density at radius 1 is 1.27 bits per heavy atom.